The van der Waals surface area contributed by atoms with E-state index in [-0.39, 0.29) is 11.7 Å². The molecule has 0 N–H and O–H groups in total. The standard InChI is InChI=1S/C11H15NO2/c13-11-6-1-3-7-12(11)9-10-5-2-4-8-14-10/h1,3,6-7,10H,2,4-5,8-9H2. The lowest BCUT2D eigenvalue weighted by molar-refractivity contribution is 0.00543. The highest BCUT2D eigenvalue weighted by Gasteiger charge is 2.14. The number of pyridine rings is 1. The molecule has 0 aromatic carbocycles. The van der Waals surface area contributed by atoms with Gasteiger partial charge in [0, 0.05) is 18.9 Å². The monoisotopic (exact) mass is 193 g/mol. The summed E-state index contributed by atoms with van der Waals surface area (Å²) in [5, 5.41) is 0. The number of hydrogen-bond donors (Lipinski definition) is 0. The van der Waals surface area contributed by atoms with Crippen LogP contribution in [0.5, 0.6) is 0 Å². The van der Waals surface area contributed by atoms with Gasteiger partial charge in [0.25, 0.3) is 5.56 Å². The largest absolute Gasteiger partial charge is 0.376 e. The molecule has 0 bridgehead atoms. The average molecular weight is 193 g/mol. The first-order valence-electron chi connectivity index (χ1n) is 5.13. The Morgan fingerprint density at radius 2 is 2.36 bits per heavy atom. The molecule has 76 valence electrons. The molecular formula is C11H15NO2. The van der Waals surface area contributed by atoms with Gasteiger partial charge in [-0.2, -0.15) is 0 Å². The average Bonchev–Trinajstić information content (AvgIpc) is 2.23. The summed E-state index contributed by atoms with van der Waals surface area (Å²) >= 11 is 0. The molecule has 14 heavy (non-hydrogen) atoms. The fourth-order valence-corrected chi connectivity index (χ4v) is 1.78. The molecule has 3 heteroatoms. The molecule has 0 radical (unpaired) electrons. The minimum Gasteiger partial charge on any atom is -0.376 e. The van der Waals surface area contributed by atoms with E-state index in [1.165, 1.54) is 6.42 Å². The molecule has 1 aromatic heterocycles. The van der Waals surface area contributed by atoms with Gasteiger partial charge in [0.05, 0.1) is 12.6 Å². The van der Waals surface area contributed by atoms with Crippen LogP contribution in [0.2, 0.25) is 0 Å². The summed E-state index contributed by atoms with van der Waals surface area (Å²) < 4.78 is 7.30. The smallest absolute Gasteiger partial charge is 0.250 e. The third-order valence-corrected chi connectivity index (χ3v) is 2.57. The van der Waals surface area contributed by atoms with Crippen LogP contribution in [0.15, 0.2) is 29.2 Å². The van der Waals surface area contributed by atoms with Crippen LogP contribution < -0.4 is 5.56 Å². The molecule has 1 fully saturated rings. The molecule has 0 saturated carbocycles. The van der Waals surface area contributed by atoms with E-state index >= 15 is 0 Å². The summed E-state index contributed by atoms with van der Waals surface area (Å²) in [6.45, 7) is 1.53. The lowest BCUT2D eigenvalue weighted by Crippen LogP contribution is -2.29. The summed E-state index contributed by atoms with van der Waals surface area (Å²) in [5.41, 5.74) is 0.0571. The lowest BCUT2D eigenvalue weighted by Gasteiger charge is -2.23. The van der Waals surface area contributed by atoms with Crippen molar-refractivity contribution in [3.63, 3.8) is 0 Å². The van der Waals surface area contributed by atoms with Gasteiger partial charge in [0.15, 0.2) is 0 Å². The van der Waals surface area contributed by atoms with Crippen molar-refractivity contribution in [3.05, 3.63) is 34.7 Å². The minimum absolute atomic E-state index is 0.0571. The maximum absolute atomic E-state index is 11.4. The molecule has 1 saturated heterocycles. The van der Waals surface area contributed by atoms with E-state index in [1.54, 1.807) is 16.7 Å². The summed E-state index contributed by atoms with van der Waals surface area (Å²) in [6.07, 6.45) is 5.48. The maximum Gasteiger partial charge on any atom is 0.250 e. The molecule has 1 aliphatic rings. The van der Waals surface area contributed by atoms with E-state index in [0.717, 1.165) is 19.4 Å². The summed E-state index contributed by atoms with van der Waals surface area (Å²) in [7, 11) is 0. The summed E-state index contributed by atoms with van der Waals surface area (Å²) in [5.74, 6) is 0. The highest BCUT2D eigenvalue weighted by Crippen LogP contribution is 2.13. The van der Waals surface area contributed by atoms with Gasteiger partial charge < -0.3 is 9.30 Å². The van der Waals surface area contributed by atoms with Crippen LogP contribution >= 0.6 is 0 Å². The summed E-state index contributed by atoms with van der Waals surface area (Å²) in [6, 6.07) is 5.23. The van der Waals surface area contributed by atoms with Crippen LogP contribution in [0, 0.1) is 0 Å². The molecule has 1 aliphatic heterocycles. The van der Waals surface area contributed by atoms with Gasteiger partial charge in [0.1, 0.15) is 0 Å². The quantitative estimate of drug-likeness (QED) is 0.711. The van der Waals surface area contributed by atoms with Crippen LogP contribution in [0.4, 0.5) is 0 Å². The van der Waals surface area contributed by atoms with Crippen LogP contribution in [0.3, 0.4) is 0 Å². The SMILES string of the molecule is O=c1ccccn1CC1CCCCO1. The first-order chi connectivity index (χ1) is 6.86. The van der Waals surface area contributed by atoms with Gasteiger partial charge in [0.2, 0.25) is 0 Å². The molecule has 1 aromatic rings. The molecule has 0 aliphatic carbocycles. The second-order valence-corrected chi connectivity index (χ2v) is 3.68. The van der Waals surface area contributed by atoms with Gasteiger partial charge in [-0.3, -0.25) is 4.79 Å². The van der Waals surface area contributed by atoms with Crippen molar-refractivity contribution in [2.75, 3.05) is 6.61 Å². The van der Waals surface area contributed by atoms with E-state index in [1.807, 2.05) is 12.3 Å². The number of ether oxygens (including phenoxy) is 1. The van der Waals surface area contributed by atoms with Crippen molar-refractivity contribution >= 4 is 0 Å². The predicted molar refractivity (Wildman–Crippen MR) is 54.3 cm³/mol. The molecular weight excluding hydrogens is 178 g/mol. The first kappa shape index (κ1) is 9.46. The predicted octanol–water partition coefficient (Wildman–Crippen LogP) is 1.42. The third kappa shape index (κ3) is 2.23. The Hall–Kier alpha value is -1.09. The van der Waals surface area contributed by atoms with Gasteiger partial charge in [-0.1, -0.05) is 6.07 Å². The second kappa shape index (κ2) is 4.42. The van der Waals surface area contributed by atoms with E-state index in [4.69, 9.17) is 4.74 Å². The molecule has 2 rings (SSSR count). The van der Waals surface area contributed by atoms with Crippen molar-refractivity contribution in [3.8, 4) is 0 Å². The number of hydrogen-bond acceptors (Lipinski definition) is 2. The van der Waals surface area contributed by atoms with E-state index in [0.29, 0.717) is 6.54 Å². The van der Waals surface area contributed by atoms with Gasteiger partial charge in [-0.25, -0.2) is 0 Å². The Labute approximate surface area is 83.3 Å². The van der Waals surface area contributed by atoms with Crippen LogP contribution in [-0.2, 0) is 11.3 Å². The molecule has 0 amide bonds. The Balaban J connectivity index is 2.03. The Morgan fingerprint density at radius 3 is 3.07 bits per heavy atom. The Kier molecular flexibility index (Phi) is 2.99. The fourth-order valence-electron chi connectivity index (χ4n) is 1.78. The normalized spacial score (nSPS) is 22.1. The molecule has 3 nitrogen and oxygen atoms in total. The highest BCUT2D eigenvalue weighted by atomic mass is 16.5. The van der Waals surface area contributed by atoms with Crippen molar-refractivity contribution in [1.82, 2.24) is 4.57 Å². The molecule has 0 spiro atoms. The maximum atomic E-state index is 11.4. The third-order valence-electron chi connectivity index (χ3n) is 2.57. The van der Waals surface area contributed by atoms with Crippen molar-refractivity contribution in [2.45, 2.75) is 31.9 Å². The second-order valence-electron chi connectivity index (χ2n) is 3.68. The number of rotatable bonds is 2. The van der Waals surface area contributed by atoms with E-state index < -0.39 is 0 Å². The molecule has 1 atom stereocenters. The topological polar surface area (TPSA) is 31.2 Å². The van der Waals surface area contributed by atoms with E-state index in [2.05, 4.69) is 0 Å². The summed E-state index contributed by atoms with van der Waals surface area (Å²) in [4.78, 5) is 11.4. The van der Waals surface area contributed by atoms with Crippen LogP contribution in [0.1, 0.15) is 19.3 Å². The van der Waals surface area contributed by atoms with Crippen molar-refractivity contribution in [1.29, 1.82) is 0 Å². The van der Waals surface area contributed by atoms with Gasteiger partial charge >= 0.3 is 0 Å². The zero-order valence-electron chi connectivity index (χ0n) is 8.19. The lowest BCUT2D eigenvalue weighted by atomic mass is 10.1. The van der Waals surface area contributed by atoms with Crippen LogP contribution in [0.25, 0.3) is 0 Å². The number of aromatic nitrogens is 1. The van der Waals surface area contributed by atoms with Crippen LogP contribution in [-0.4, -0.2) is 17.3 Å². The molecule has 1 unspecified atom stereocenters. The van der Waals surface area contributed by atoms with Gasteiger partial charge in [-0.05, 0) is 25.3 Å². The molecule has 2 heterocycles. The van der Waals surface area contributed by atoms with Crippen molar-refractivity contribution in [2.24, 2.45) is 0 Å². The zero-order valence-corrected chi connectivity index (χ0v) is 8.19. The minimum atomic E-state index is 0.0571. The Morgan fingerprint density at radius 1 is 1.43 bits per heavy atom. The zero-order chi connectivity index (χ0) is 9.80. The van der Waals surface area contributed by atoms with Crippen molar-refractivity contribution < 1.29 is 4.74 Å². The van der Waals surface area contributed by atoms with Gasteiger partial charge in [-0.15, -0.1) is 0 Å². The first-order valence-corrected chi connectivity index (χ1v) is 5.13. The van der Waals surface area contributed by atoms with E-state index in [9.17, 15) is 4.79 Å². The Bertz CT molecular complexity index is 339. The fraction of sp³-hybridized carbons (Fsp3) is 0.545. The highest BCUT2D eigenvalue weighted by molar-refractivity contribution is 4.93. The number of nitrogens with zero attached hydrogens (tertiary/aromatic N) is 1.